The van der Waals surface area contributed by atoms with Crippen molar-refractivity contribution in [3.05, 3.63) is 29.8 Å². The van der Waals surface area contributed by atoms with Gasteiger partial charge in [-0.3, -0.25) is 4.79 Å². The summed E-state index contributed by atoms with van der Waals surface area (Å²) in [5, 5.41) is 0. The Morgan fingerprint density at radius 2 is 2.12 bits per heavy atom. The number of para-hydroxylation sites is 1. The lowest BCUT2D eigenvalue weighted by atomic mass is 10.1. The van der Waals surface area contributed by atoms with Gasteiger partial charge < -0.3 is 10.5 Å². The number of carbonyl (C=O) groups is 1. The Kier molecular flexibility index (Phi) is 6.74. The molecule has 1 rings (SSSR count). The van der Waals surface area contributed by atoms with Gasteiger partial charge in [0.1, 0.15) is 5.75 Å². The van der Waals surface area contributed by atoms with Crippen LogP contribution in [-0.2, 0) is 0 Å². The Morgan fingerprint density at radius 1 is 1.35 bits per heavy atom. The molecular weight excluding hydrogens is 234 g/mol. The van der Waals surface area contributed by atoms with E-state index in [1.165, 1.54) is 0 Å². The van der Waals surface area contributed by atoms with Crippen LogP contribution in [-0.4, -0.2) is 30.4 Å². The molecule has 0 aliphatic rings. The molecule has 4 heteroatoms. The van der Waals surface area contributed by atoms with E-state index >= 15 is 0 Å². The molecule has 0 aromatic heterocycles. The lowest BCUT2D eigenvalue weighted by Crippen LogP contribution is -2.06. The van der Waals surface area contributed by atoms with Crippen molar-refractivity contribution in [1.82, 2.24) is 0 Å². The predicted octanol–water partition coefficient (Wildman–Crippen LogP) is 2.35. The quantitative estimate of drug-likeness (QED) is 0.571. The maximum atomic E-state index is 11.3. The molecule has 0 heterocycles. The molecule has 0 bridgehead atoms. The summed E-state index contributed by atoms with van der Waals surface area (Å²) in [7, 11) is 0. The average molecular weight is 253 g/mol. The van der Waals surface area contributed by atoms with Gasteiger partial charge in [0.25, 0.3) is 0 Å². The van der Waals surface area contributed by atoms with Crippen molar-refractivity contribution in [3.63, 3.8) is 0 Å². The van der Waals surface area contributed by atoms with Crippen LogP contribution in [0.2, 0.25) is 0 Å². The molecule has 0 saturated carbocycles. The summed E-state index contributed by atoms with van der Waals surface area (Å²) in [5.74, 6) is 2.70. The highest BCUT2D eigenvalue weighted by Gasteiger charge is 2.06. The largest absolute Gasteiger partial charge is 0.492 e. The third kappa shape index (κ3) is 5.24. The number of ketones is 1. The van der Waals surface area contributed by atoms with Gasteiger partial charge in [0.2, 0.25) is 0 Å². The number of ether oxygens (including phenoxy) is 1. The summed E-state index contributed by atoms with van der Waals surface area (Å²) in [5.41, 5.74) is 6.06. The SMILES string of the molecule is CC(=O)c1ccccc1OCCSCCCN. The highest BCUT2D eigenvalue weighted by Crippen LogP contribution is 2.18. The molecule has 94 valence electrons. The van der Waals surface area contributed by atoms with Crippen molar-refractivity contribution in [1.29, 1.82) is 0 Å². The molecule has 1 aromatic rings. The fraction of sp³-hybridized carbons (Fsp3) is 0.462. The summed E-state index contributed by atoms with van der Waals surface area (Å²) < 4.78 is 5.61. The molecule has 0 aliphatic carbocycles. The molecule has 0 fully saturated rings. The second-order valence-electron chi connectivity index (χ2n) is 3.66. The van der Waals surface area contributed by atoms with E-state index in [9.17, 15) is 4.79 Å². The Labute approximate surface area is 107 Å². The number of nitrogens with two attached hydrogens (primary N) is 1. The van der Waals surface area contributed by atoms with Gasteiger partial charge in [-0.25, -0.2) is 0 Å². The maximum Gasteiger partial charge on any atom is 0.163 e. The Bertz CT molecular complexity index is 355. The zero-order chi connectivity index (χ0) is 12.5. The van der Waals surface area contributed by atoms with E-state index in [-0.39, 0.29) is 5.78 Å². The van der Waals surface area contributed by atoms with Gasteiger partial charge in [-0.2, -0.15) is 11.8 Å². The fourth-order valence-corrected chi connectivity index (χ4v) is 2.16. The molecule has 0 unspecified atom stereocenters. The first-order chi connectivity index (χ1) is 8.25. The van der Waals surface area contributed by atoms with E-state index < -0.39 is 0 Å². The van der Waals surface area contributed by atoms with Crippen LogP contribution in [0.4, 0.5) is 0 Å². The first-order valence-corrected chi connectivity index (χ1v) is 6.91. The number of thioether (sulfide) groups is 1. The smallest absolute Gasteiger partial charge is 0.163 e. The average Bonchev–Trinajstić information content (AvgIpc) is 2.34. The summed E-state index contributed by atoms with van der Waals surface area (Å²) in [4.78, 5) is 11.3. The monoisotopic (exact) mass is 253 g/mol. The van der Waals surface area contributed by atoms with Crippen LogP contribution in [0.3, 0.4) is 0 Å². The number of hydrogen-bond donors (Lipinski definition) is 1. The van der Waals surface area contributed by atoms with Crippen molar-refractivity contribution >= 4 is 17.5 Å². The second kappa shape index (κ2) is 8.14. The van der Waals surface area contributed by atoms with Crippen LogP contribution in [0.5, 0.6) is 5.75 Å². The van der Waals surface area contributed by atoms with Crippen LogP contribution in [0.1, 0.15) is 23.7 Å². The zero-order valence-corrected chi connectivity index (χ0v) is 11.0. The van der Waals surface area contributed by atoms with E-state index in [1.54, 1.807) is 13.0 Å². The van der Waals surface area contributed by atoms with Crippen molar-refractivity contribution in [3.8, 4) is 5.75 Å². The molecule has 0 radical (unpaired) electrons. The minimum atomic E-state index is 0.0383. The first kappa shape index (κ1) is 14.1. The third-order valence-electron chi connectivity index (χ3n) is 2.24. The number of Topliss-reactive ketones (excluding diaryl/α,β-unsaturated/α-hetero) is 1. The zero-order valence-electron chi connectivity index (χ0n) is 10.1. The summed E-state index contributed by atoms with van der Waals surface area (Å²) in [6.07, 6.45) is 1.04. The van der Waals surface area contributed by atoms with E-state index in [0.29, 0.717) is 17.9 Å². The third-order valence-corrected chi connectivity index (χ3v) is 3.28. The van der Waals surface area contributed by atoms with Crippen LogP contribution >= 0.6 is 11.8 Å². The van der Waals surface area contributed by atoms with Gasteiger partial charge in [0, 0.05) is 5.75 Å². The summed E-state index contributed by atoms with van der Waals surface area (Å²) in [6.45, 7) is 2.92. The van der Waals surface area contributed by atoms with Crippen molar-refractivity contribution in [2.45, 2.75) is 13.3 Å². The standard InChI is InChI=1S/C13H19NO2S/c1-11(15)12-5-2-3-6-13(12)16-8-10-17-9-4-7-14/h2-3,5-6H,4,7-10,14H2,1H3. The number of rotatable bonds is 8. The molecule has 17 heavy (non-hydrogen) atoms. The van der Waals surface area contributed by atoms with Gasteiger partial charge in [0.15, 0.2) is 5.78 Å². The van der Waals surface area contributed by atoms with Crippen LogP contribution in [0, 0.1) is 0 Å². The van der Waals surface area contributed by atoms with E-state index in [1.807, 2.05) is 30.0 Å². The minimum absolute atomic E-state index is 0.0383. The molecule has 0 aliphatic heterocycles. The Hall–Kier alpha value is -1.00. The van der Waals surface area contributed by atoms with Gasteiger partial charge in [-0.05, 0) is 37.8 Å². The lowest BCUT2D eigenvalue weighted by molar-refractivity contribution is 0.101. The molecular formula is C13H19NO2S. The van der Waals surface area contributed by atoms with Gasteiger partial charge in [0.05, 0.1) is 12.2 Å². The molecule has 0 saturated heterocycles. The van der Waals surface area contributed by atoms with Crippen LogP contribution in [0.15, 0.2) is 24.3 Å². The molecule has 3 nitrogen and oxygen atoms in total. The summed E-state index contributed by atoms with van der Waals surface area (Å²) >= 11 is 1.82. The van der Waals surface area contributed by atoms with Crippen molar-refractivity contribution in [2.75, 3.05) is 24.7 Å². The van der Waals surface area contributed by atoms with E-state index in [2.05, 4.69) is 0 Å². The number of benzene rings is 1. The Balaban J connectivity index is 2.34. The normalized spacial score (nSPS) is 10.2. The summed E-state index contributed by atoms with van der Waals surface area (Å²) in [6, 6.07) is 7.35. The second-order valence-corrected chi connectivity index (χ2v) is 4.88. The molecule has 2 N–H and O–H groups in total. The van der Waals surface area contributed by atoms with Gasteiger partial charge in [-0.1, -0.05) is 12.1 Å². The first-order valence-electron chi connectivity index (χ1n) is 5.76. The van der Waals surface area contributed by atoms with Crippen molar-refractivity contribution < 1.29 is 9.53 Å². The minimum Gasteiger partial charge on any atom is -0.492 e. The molecule has 1 aromatic carbocycles. The molecule has 0 atom stereocenters. The van der Waals surface area contributed by atoms with E-state index in [0.717, 1.165) is 24.5 Å². The maximum absolute atomic E-state index is 11.3. The number of carbonyl (C=O) groups excluding carboxylic acids is 1. The van der Waals surface area contributed by atoms with Crippen molar-refractivity contribution in [2.24, 2.45) is 5.73 Å². The highest BCUT2D eigenvalue weighted by molar-refractivity contribution is 7.99. The highest BCUT2D eigenvalue weighted by atomic mass is 32.2. The van der Waals surface area contributed by atoms with Crippen LogP contribution < -0.4 is 10.5 Å². The molecule has 0 spiro atoms. The van der Waals surface area contributed by atoms with Crippen LogP contribution in [0.25, 0.3) is 0 Å². The topological polar surface area (TPSA) is 52.3 Å². The number of hydrogen-bond acceptors (Lipinski definition) is 4. The lowest BCUT2D eigenvalue weighted by Gasteiger charge is -2.09. The van der Waals surface area contributed by atoms with Gasteiger partial charge >= 0.3 is 0 Å². The van der Waals surface area contributed by atoms with E-state index in [4.69, 9.17) is 10.5 Å². The van der Waals surface area contributed by atoms with Gasteiger partial charge in [-0.15, -0.1) is 0 Å². The fourth-order valence-electron chi connectivity index (χ4n) is 1.38. The Morgan fingerprint density at radius 3 is 2.82 bits per heavy atom. The predicted molar refractivity (Wildman–Crippen MR) is 72.9 cm³/mol. The molecule has 0 amide bonds.